The van der Waals surface area contributed by atoms with Crippen molar-refractivity contribution >= 4 is 31.6 Å². The molecule has 0 saturated carbocycles. The summed E-state index contributed by atoms with van der Waals surface area (Å²) in [5.74, 6) is 0.429. The van der Waals surface area contributed by atoms with Crippen molar-refractivity contribution in [2.45, 2.75) is 11.4 Å². The minimum Gasteiger partial charge on any atom is -0.399 e. The number of nitrogens with zero attached hydrogens (tertiary/aromatic N) is 1. The molecule has 0 aliphatic carbocycles. The molecular weight excluding hydrogens is 322 g/mol. The summed E-state index contributed by atoms with van der Waals surface area (Å²) < 4.78 is 31.7. The first kappa shape index (κ1) is 13.1. The van der Waals surface area contributed by atoms with Crippen LogP contribution in [0.4, 0.5) is 5.69 Å². The molecule has 0 fully saturated rings. The summed E-state index contributed by atoms with van der Waals surface area (Å²) in [4.78, 5) is 0.0852. The van der Waals surface area contributed by atoms with Crippen molar-refractivity contribution < 1.29 is 12.9 Å². The van der Waals surface area contributed by atoms with Crippen LogP contribution in [-0.2, 0) is 16.6 Å². The molecule has 0 aliphatic heterocycles. The Morgan fingerprint density at radius 2 is 2.17 bits per heavy atom. The average Bonchev–Trinajstić information content (AvgIpc) is 2.83. The lowest BCUT2D eigenvalue weighted by Crippen LogP contribution is -2.23. The van der Waals surface area contributed by atoms with Gasteiger partial charge in [0.2, 0.25) is 10.0 Å². The van der Waals surface area contributed by atoms with Crippen LogP contribution in [0.1, 0.15) is 5.76 Å². The summed E-state index contributed by atoms with van der Waals surface area (Å²) in [6.45, 7) is 0.0313. The number of nitrogen functional groups attached to an aromatic ring is 1. The van der Waals surface area contributed by atoms with Gasteiger partial charge in [-0.05, 0) is 34.1 Å². The normalized spacial score (nSPS) is 11.6. The van der Waals surface area contributed by atoms with Gasteiger partial charge in [-0.2, -0.15) is 0 Å². The van der Waals surface area contributed by atoms with Crippen LogP contribution >= 0.6 is 15.9 Å². The fourth-order valence-electron chi connectivity index (χ4n) is 1.30. The second-order valence-corrected chi connectivity index (χ2v) is 6.08. The molecule has 1 heterocycles. The van der Waals surface area contributed by atoms with E-state index in [4.69, 9.17) is 10.3 Å². The number of halogens is 1. The van der Waals surface area contributed by atoms with Gasteiger partial charge < -0.3 is 10.3 Å². The number of rotatable bonds is 4. The van der Waals surface area contributed by atoms with Crippen LogP contribution in [0.25, 0.3) is 0 Å². The maximum absolute atomic E-state index is 12.0. The van der Waals surface area contributed by atoms with E-state index >= 15 is 0 Å². The number of benzene rings is 1. The molecule has 0 bridgehead atoms. The molecule has 0 atom stereocenters. The molecule has 0 saturated heterocycles. The van der Waals surface area contributed by atoms with E-state index in [0.717, 1.165) is 0 Å². The highest BCUT2D eigenvalue weighted by atomic mass is 79.9. The fourth-order valence-corrected chi connectivity index (χ4v) is 3.29. The van der Waals surface area contributed by atoms with E-state index in [2.05, 4.69) is 25.8 Å². The van der Waals surface area contributed by atoms with Crippen LogP contribution in [0.5, 0.6) is 0 Å². The van der Waals surface area contributed by atoms with Crippen LogP contribution in [0, 0.1) is 0 Å². The quantitative estimate of drug-likeness (QED) is 0.827. The van der Waals surface area contributed by atoms with E-state index < -0.39 is 10.0 Å². The van der Waals surface area contributed by atoms with Crippen molar-refractivity contribution in [1.29, 1.82) is 0 Å². The maximum atomic E-state index is 12.0. The molecule has 96 valence electrons. The molecule has 1 aromatic heterocycles. The van der Waals surface area contributed by atoms with Crippen molar-refractivity contribution in [1.82, 2.24) is 9.88 Å². The Hall–Kier alpha value is -1.38. The van der Waals surface area contributed by atoms with E-state index in [1.807, 2.05) is 0 Å². The smallest absolute Gasteiger partial charge is 0.242 e. The zero-order valence-corrected chi connectivity index (χ0v) is 11.5. The Morgan fingerprint density at radius 3 is 2.83 bits per heavy atom. The van der Waals surface area contributed by atoms with Crippen molar-refractivity contribution in [3.8, 4) is 0 Å². The lowest BCUT2D eigenvalue weighted by atomic mass is 10.3. The van der Waals surface area contributed by atoms with E-state index in [1.54, 1.807) is 18.2 Å². The number of hydrogen-bond acceptors (Lipinski definition) is 5. The Morgan fingerprint density at radius 1 is 1.39 bits per heavy atom. The van der Waals surface area contributed by atoms with E-state index in [1.165, 1.54) is 12.3 Å². The van der Waals surface area contributed by atoms with Gasteiger partial charge in [0.25, 0.3) is 0 Å². The summed E-state index contributed by atoms with van der Waals surface area (Å²) in [6, 6.07) is 6.15. The van der Waals surface area contributed by atoms with Gasteiger partial charge in [-0.3, -0.25) is 0 Å². The maximum Gasteiger partial charge on any atom is 0.242 e. The van der Waals surface area contributed by atoms with Crippen molar-refractivity contribution in [2.75, 3.05) is 5.73 Å². The molecule has 2 rings (SSSR count). The molecule has 18 heavy (non-hydrogen) atoms. The molecular formula is C10H10BrN3O3S. The minimum absolute atomic E-state index is 0.0313. The Labute approximate surface area is 112 Å². The molecule has 2 aromatic rings. The van der Waals surface area contributed by atoms with Crippen LogP contribution in [0.2, 0.25) is 0 Å². The Kier molecular flexibility index (Phi) is 3.69. The van der Waals surface area contributed by atoms with Gasteiger partial charge in [-0.15, -0.1) is 0 Å². The number of sulfonamides is 1. The SMILES string of the molecule is Nc1ccc(Br)c(S(=O)(=O)NCc2ccno2)c1. The van der Waals surface area contributed by atoms with Crippen LogP contribution in [0.15, 0.2) is 44.4 Å². The van der Waals surface area contributed by atoms with Gasteiger partial charge in [0.1, 0.15) is 0 Å². The molecule has 3 N–H and O–H groups in total. The summed E-state index contributed by atoms with van der Waals surface area (Å²) in [7, 11) is -3.65. The van der Waals surface area contributed by atoms with E-state index in [0.29, 0.717) is 15.9 Å². The summed E-state index contributed by atoms with van der Waals surface area (Å²) >= 11 is 3.17. The molecule has 0 unspecified atom stereocenters. The molecule has 1 aromatic carbocycles. The molecule has 0 radical (unpaired) electrons. The first-order chi connectivity index (χ1) is 8.49. The fraction of sp³-hybridized carbons (Fsp3) is 0.100. The third kappa shape index (κ3) is 2.89. The molecule has 0 amide bonds. The predicted molar refractivity (Wildman–Crippen MR) is 69.1 cm³/mol. The third-order valence-corrected chi connectivity index (χ3v) is 4.57. The van der Waals surface area contributed by atoms with Gasteiger partial charge >= 0.3 is 0 Å². The molecule has 0 aliphatic rings. The van der Waals surface area contributed by atoms with Gasteiger partial charge in [0, 0.05) is 16.2 Å². The lowest BCUT2D eigenvalue weighted by Gasteiger charge is -2.07. The predicted octanol–water partition coefficient (Wildman–Crippen LogP) is 1.50. The van der Waals surface area contributed by atoms with E-state index in [9.17, 15) is 8.42 Å². The Bertz CT molecular complexity index is 640. The standard InChI is InChI=1S/C10H10BrN3O3S/c11-9-2-1-7(12)5-10(9)18(15,16)14-6-8-3-4-13-17-8/h1-5,14H,6,12H2. The van der Waals surface area contributed by atoms with Crippen LogP contribution < -0.4 is 10.5 Å². The van der Waals surface area contributed by atoms with Crippen molar-refractivity contribution in [3.05, 3.63) is 40.7 Å². The van der Waals surface area contributed by atoms with Gasteiger partial charge in [0.15, 0.2) is 5.76 Å². The van der Waals surface area contributed by atoms with Gasteiger partial charge in [-0.1, -0.05) is 5.16 Å². The second kappa shape index (κ2) is 5.09. The van der Waals surface area contributed by atoms with Crippen molar-refractivity contribution in [3.63, 3.8) is 0 Å². The number of nitrogens with one attached hydrogen (secondary N) is 1. The van der Waals surface area contributed by atoms with Gasteiger partial charge in [0.05, 0.1) is 17.6 Å². The molecule has 0 spiro atoms. The first-order valence-electron chi connectivity index (χ1n) is 4.93. The highest BCUT2D eigenvalue weighted by Gasteiger charge is 2.18. The van der Waals surface area contributed by atoms with E-state index in [-0.39, 0.29) is 11.4 Å². The summed E-state index contributed by atoms with van der Waals surface area (Å²) in [5, 5.41) is 3.49. The lowest BCUT2D eigenvalue weighted by molar-refractivity contribution is 0.380. The van der Waals surface area contributed by atoms with Gasteiger partial charge in [-0.25, -0.2) is 13.1 Å². The third-order valence-electron chi connectivity index (χ3n) is 2.17. The number of nitrogens with two attached hydrogens (primary N) is 1. The largest absolute Gasteiger partial charge is 0.399 e. The molecule has 6 nitrogen and oxygen atoms in total. The number of anilines is 1. The zero-order valence-electron chi connectivity index (χ0n) is 9.13. The van der Waals surface area contributed by atoms with Crippen molar-refractivity contribution in [2.24, 2.45) is 0 Å². The molecule has 8 heteroatoms. The van der Waals surface area contributed by atoms with Crippen LogP contribution in [0.3, 0.4) is 0 Å². The highest BCUT2D eigenvalue weighted by molar-refractivity contribution is 9.10. The average molecular weight is 332 g/mol. The summed E-state index contributed by atoms with van der Waals surface area (Å²) in [5.41, 5.74) is 5.95. The summed E-state index contributed by atoms with van der Waals surface area (Å²) in [6.07, 6.45) is 1.44. The van der Waals surface area contributed by atoms with Crippen LogP contribution in [-0.4, -0.2) is 13.6 Å². The first-order valence-corrected chi connectivity index (χ1v) is 7.21. The number of hydrogen-bond donors (Lipinski definition) is 2. The second-order valence-electron chi connectivity index (χ2n) is 3.49. The zero-order chi connectivity index (χ0) is 13.2. The monoisotopic (exact) mass is 331 g/mol. The Balaban J connectivity index is 2.22. The number of aromatic nitrogens is 1. The topological polar surface area (TPSA) is 98.2 Å². The highest BCUT2D eigenvalue weighted by Crippen LogP contribution is 2.24. The minimum atomic E-state index is -3.65.